The average molecular weight is 197 g/mol. The first-order chi connectivity index (χ1) is 6.63. The summed E-state index contributed by atoms with van der Waals surface area (Å²) in [7, 11) is 0. The van der Waals surface area contributed by atoms with E-state index in [0.717, 1.165) is 6.42 Å². The monoisotopic (exact) mass is 197 g/mol. The second kappa shape index (κ2) is 7.34. The van der Waals surface area contributed by atoms with Crippen molar-refractivity contribution in [3.8, 4) is 6.07 Å². The molecular weight excluding hydrogens is 178 g/mol. The minimum Gasteiger partial charge on any atom is -0.352 e. The number of nitriles is 1. The minimum atomic E-state index is -0.0162. The fourth-order valence-corrected chi connectivity index (χ4v) is 1.09. The Bertz CT molecular complexity index is 210. The summed E-state index contributed by atoms with van der Waals surface area (Å²) in [5.74, 6) is 0.194. The lowest BCUT2D eigenvalue weighted by Crippen LogP contribution is -2.35. The number of hydrogen-bond donors (Lipinski definition) is 2. The van der Waals surface area contributed by atoms with Crippen LogP contribution in [0.1, 0.15) is 33.1 Å². The van der Waals surface area contributed by atoms with E-state index in [4.69, 9.17) is 11.0 Å². The average Bonchev–Trinajstić information content (AvgIpc) is 2.16. The van der Waals surface area contributed by atoms with Crippen molar-refractivity contribution in [3.63, 3.8) is 0 Å². The predicted molar refractivity (Wildman–Crippen MR) is 55.3 cm³/mol. The highest BCUT2D eigenvalue weighted by atomic mass is 16.1. The molecule has 4 nitrogen and oxygen atoms in total. The van der Waals surface area contributed by atoms with Crippen LogP contribution >= 0.6 is 0 Å². The van der Waals surface area contributed by atoms with Gasteiger partial charge < -0.3 is 11.1 Å². The van der Waals surface area contributed by atoms with Crippen LogP contribution in [0.3, 0.4) is 0 Å². The fraction of sp³-hybridized carbons (Fsp3) is 0.800. The van der Waals surface area contributed by atoms with Crippen molar-refractivity contribution < 1.29 is 4.79 Å². The third-order valence-electron chi connectivity index (χ3n) is 2.13. The molecule has 0 aliphatic rings. The molecule has 14 heavy (non-hydrogen) atoms. The van der Waals surface area contributed by atoms with E-state index in [-0.39, 0.29) is 17.9 Å². The van der Waals surface area contributed by atoms with E-state index >= 15 is 0 Å². The molecule has 0 saturated carbocycles. The molecule has 0 fully saturated rings. The third-order valence-corrected chi connectivity index (χ3v) is 2.13. The summed E-state index contributed by atoms with van der Waals surface area (Å²) >= 11 is 0. The Labute approximate surface area is 85.5 Å². The highest BCUT2D eigenvalue weighted by Gasteiger charge is 2.12. The molecule has 0 rings (SSSR count). The molecule has 1 amide bonds. The summed E-state index contributed by atoms with van der Waals surface area (Å²) in [4.78, 5) is 11.4. The van der Waals surface area contributed by atoms with Crippen molar-refractivity contribution in [3.05, 3.63) is 0 Å². The van der Waals surface area contributed by atoms with Crippen LogP contribution in [0.2, 0.25) is 0 Å². The zero-order chi connectivity index (χ0) is 11.0. The zero-order valence-electron chi connectivity index (χ0n) is 8.92. The summed E-state index contributed by atoms with van der Waals surface area (Å²) in [6.07, 6.45) is 1.61. The van der Waals surface area contributed by atoms with E-state index in [2.05, 4.69) is 11.4 Å². The quantitative estimate of drug-likeness (QED) is 0.660. The number of amides is 1. The summed E-state index contributed by atoms with van der Waals surface area (Å²) in [5, 5.41) is 11.3. The Morgan fingerprint density at radius 2 is 2.29 bits per heavy atom. The van der Waals surface area contributed by atoms with Crippen LogP contribution in [-0.4, -0.2) is 18.5 Å². The van der Waals surface area contributed by atoms with Crippen molar-refractivity contribution in [2.75, 3.05) is 6.54 Å². The fourth-order valence-electron chi connectivity index (χ4n) is 1.09. The van der Waals surface area contributed by atoms with Gasteiger partial charge in [-0.15, -0.1) is 0 Å². The second-order valence-electron chi connectivity index (χ2n) is 3.58. The highest BCUT2D eigenvalue weighted by molar-refractivity contribution is 5.76. The van der Waals surface area contributed by atoms with Crippen LogP contribution in [0.4, 0.5) is 0 Å². The summed E-state index contributed by atoms with van der Waals surface area (Å²) in [5.41, 5.74) is 5.41. The first-order valence-corrected chi connectivity index (χ1v) is 5.00. The largest absolute Gasteiger partial charge is 0.352 e. The maximum atomic E-state index is 11.4. The van der Waals surface area contributed by atoms with Gasteiger partial charge in [0.15, 0.2) is 0 Å². The van der Waals surface area contributed by atoms with Gasteiger partial charge in [-0.3, -0.25) is 4.79 Å². The molecule has 0 aromatic heterocycles. The number of carbonyl (C=O) groups is 1. The van der Waals surface area contributed by atoms with Crippen molar-refractivity contribution in [2.45, 2.75) is 39.2 Å². The lowest BCUT2D eigenvalue weighted by atomic mass is 10.1. The summed E-state index contributed by atoms with van der Waals surface area (Å²) in [6.45, 7) is 4.40. The van der Waals surface area contributed by atoms with Gasteiger partial charge in [0.05, 0.1) is 12.5 Å². The lowest BCUT2D eigenvalue weighted by molar-refractivity contribution is -0.122. The number of carbonyl (C=O) groups excluding carboxylic acids is 1. The summed E-state index contributed by atoms with van der Waals surface area (Å²) in [6, 6.07) is 2.04. The number of nitrogens with two attached hydrogens (primary N) is 1. The maximum absolute atomic E-state index is 11.4. The van der Waals surface area contributed by atoms with Crippen molar-refractivity contribution >= 4 is 5.91 Å². The lowest BCUT2D eigenvalue weighted by Gasteiger charge is -2.15. The molecule has 0 heterocycles. The van der Waals surface area contributed by atoms with Gasteiger partial charge in [-0.25, -0.2) is 0 Å². The van der Waals surface area contributed by atoms with Gasteiger partial charge in [-0.05, 0) is 18.9 Å². The van der Waals surface area contributed by atoms with Crippen molar-refractivity contribution in [1.29, 1.82) is 5.26 Å². The Morgan fingerprint density at radius 3 is 2.71 bits per heavy atom. The summed E-state index contributed by atoms with van der Waals surface area (Å²) < 4.78 is 0. The normalized spacial score (nSPS) is 14.1. The standard InChI is InChI=1S/C10H19N3O/c1-3-9(4-5-11)13-10(14)6-8(2)7-12/h8-9H,3-4,6-7,12H2,1-2H3,(H,13,14). The minimum absolute atomic E-state index is 0.00921. The molecule has 0 saturated heterocycles. The molecule has 2 atom stereocenters. The number of rotatable bonds is 6. The maximum Gasteiger partial charge on any atom is 0.220 e. The molecule has 0 radical (unpaired) electrons. The van der Waals surface area contributed by atoms with Crippen LogP contribution < -0.4 is 11.1 Å². The molecule has 2 unspecified atom stereocenters. The van der Waals surface area contributed by atoms with Crippen LogP contribution in [0, 0.1) is 17.2 Å². The number of hydrogen-bond acceptors (Lipinski definition) is 3. The van der Waals surface area contributed by atoms with E-state index in [1.165, 1.54) is 0 Å². The molecule has 80 valence electrons. The first kappa shape index (κ1) is 12.9. The first-order valence-electron chi connectivity index (χ1n) is 5.00. The van der Waals surface area contributed by atoms with E-state index in [0.29, 0.717) is 19.4 Å². The molecule has 0 bridgehead atoms. The Morgan fingerprint density at radius 1 is 1.64 bits per heavy atom. The molecule has 0 spiro atoms. The van der Waals surface area contributed by atoms with Crippen LogP contribution in [-0.2, 0) is 4.79 Å². The molecular formula is C10H19N3O. The van der Waals surface area contributed by atoms with Gasteiger partial charge in [0, 0.05) is 12.5 Å². The van der Waals surface area contributed by atoms with E-state index in [1.54, 1.807) is 0 Å². The SMILES string of the molecule is CCC(CC#N)NC(=O)CC(C)CN. The molecule has 3 N–H and O–H groups in total. The molecule has 0 aliphatic heterocycles. The molecule has 0 aromatic rings. The Hall–Kier alpha value is -1.08. The molecule has 0 aliphatic carbocycles. The predicted octanol–water partition coefficient (Wildman–Crippen LogP) is 0.780. The van der Waals surface area contributed by atoms with Crippen molar-refractivity contribution in [1.82, 2.24) is 5.32 Å². The smallest absolute Gasteiger partial charge is 0.220 e. The van der Waals surface area contributed by atoms with Gasteiger partial charge in [-0.2, -0.15) is 5.26 Å². The van der Waals surface area contributed by atoms with E-state index < -0.39 is 0 Å². The van der Waals surface area contributed by atoms with E-state index in [1.807, 2.05) is 13.8 Å². The number of nitrogens with one attached hydrogen (secondary N) is 1. The highest BCUT2D eigenvalue weighted by Crippen LogP contribution is 2.01. The van der Waals surface area contributed by atoms with Gasteiger partial charge in [0.25, 0.3) is 0 Å². The Balaban J connectivity index is 3.85. The van der Waals surface area contributed by atoms with Crippen LogP contribution in [0.5, 0.6) is 0 Å². The van der Waals surface area contributed by atoms with Crippen LogP contribution in [0.15, 0.2) is 0 Å². The molecule has 0 aromatic carbocycles. The third kappa shape index (κ3) is 5.55. The van der Waals surface area contributed by atoms with E-state index in [9.17, 15) is 4.79 Å². The van der Waals surface area contributed by atoms with Gasteiger partial charge in [0.1, 0.15) is 0 Å². The Kier molecular flexibility index (Phi) is 6.77. The van der Waals surface area contributed by atoms with Gasteiger partial charge >= 0.3 is 0 Å². The zero-order valence-corrected chi connectivity index (χ0v) is 8.92. The van der Waals surface area contributed by atoms with Gasteiger partial charge in [-0.1, -0.05) is 13.8 Å². The van der Waals surface area contributed by atoms with Crippen molar-refractivity contribution in [2.24, 2.45) is 11.7 Å². The van der Waals surface area contributed by atoms with Crippen LogP contribution in [0.25, 0.3) is 0 Å². The number of nitrogens with zero attached hydrogens (tertiary/aromatic N) is 1. The molecule has 4 heteroatoms. The second-order valence-corrected chi connectivity index (χ2v) is 3.58. The topological polar surface area (TPSA) is 78.9 Å². The van der Waals surface area contributed by atoms with Gasteiger partial charge in [0.2, 0.25) is 5.91 Å².